The largest absolute Gasteiger partial charge is 0.462 e. The van der Waals surface area contributed by atoms with Crippen LogP contribution in [0.1, 0.15) is 35.3 Å². The van der Waals surface area contributed by atoms with E-state index in [0.717, 1.165) is 11.3 Å². The van der Waals surface area contributed by atoms with Crippen molar-refractivity contribution in [2.75, 3.05) is 6.61 Å². The molecule has 0 bridgehead atoms. The summed E-state index contributed by atoms with van der Waals surface area (Å²) in [7, 11) is 0. The van der Waals surface area contributed by atoms with Crippen molar-refractivity contribution in [2.45, 2.75) is 26.4 Å². The smallest absolute Gasteiger partial charge is 0.348 e. The quantitative estimate of drug-likeness (QED) is 0.485. The summed E-state index contributed by atoms with van der Waals surface area (Å²) >= 11 is 1.16. The second-order valence-electron chi connectivity index (χ2n) is 4.71. The van der Waals surface area contributed by atoms with Crippen molar-refractivity contribution in [3.63, 3.8) is 0 Å². The van der Waals surface area contributed by atoms with E-state index in [1.807, 2.05) is 0 Å². The Morgan fingerprint density at radius 2 is 2.10 bits per heavy atom. The standard InChI is InChI=1S/C14H14O5S/c1-4-18-13(17)10-6-5-8(20-10)7-9-11(15)14(2,3)19-12(9)16/h5-7H,4H2,1-3H3. The van der Waals surface area contributed by atoms with Crippen LogP contribution >= 0.6 is 11.3 Å². The monoisotopic (exact) mass is 294 g/mol. The molecule has 2 rings (SSSR count). The van der Waals surface area contributed by atoms with Gasteiger partial charge in [-0.1, -0.05) is 0 Å². The number of ketones is 1. The van der Waals surface area contributed by atoms with Crippen molar-refractivity contribution in [2.24, 2.45) is 0 Å². The maximum Gasteiger partial charge on any atom is 0.348 e. The average Bonchev–Trinajstić information content (AvgIpc) is 2.89. The number of carbonyl (C=O) groups is 3. The van der Waals surface area contributed by atoms with Crippen LogP contribution in [0.25, 0.3) is 6.08 Å². The molecule has 6 heteroatoms. The van der Waals surface area contributed by atoms with Crippen LogP contribution in [0, 0.1) is 0 Å². The summed E-state index contributed by atoms with van der Waals surface area (Å²) < 4.78 is 9.87. The number of hydrogen-bond acceptors (Lipinski definition) is 6. The molecule has 0 radical (unpaired) electrons. The lowest BCUT2D eigenvalue weighted by Gasteiger charge is -2.11. The molecule has 0 amide bonds. The van der Waals surface area contributed by atoms with Gasteiger partial charge in [-0.15, -0.1) is 11.3 Å². The molecule has 1 aliphatic rings. The van der Waals surface area contributed by atoms with Crippen LogP contribution in [0.4, 0.5) is 0 Å². The summed E-state index contributed by atoms with van der Waals surface area (Å²) in [6.45, 7) is 5.12. The van der Waals surface area contributed by atoms with Gasteiger partial charge in [0.1, 0.15) is 10.5 Å². The second kappa shape index (κ2) is 5.20. The molecule has 1 aromatic rings. The van der Waals surface area contributed by atoms with Crippen LogP contribution in [0.15, 0.2) is 17.7 Å². The molecule has 0 aliphatic carbocycles. The minimum absolute atomic E-state index is 0.00672. The first-order chi connectivity index (χ1) is 9.35. The van der Waals surface area contributed by atoms with E-state index in [1.165, 1.54) is 6.08 Å². The highest BCUT2D eigenvalue weighted by Gasteiger charge is 2.44. The highest BCUT2D eigenvalue weighted by molar-refractivity contribution is 7.14. The molecule has 106 valence electrons. The van der Waals surface area contributed by atoms with Crippen molar-refractivity contribution in [1.29, 1.82) is 0 Å². The number of esters is 2. The summed E-state index contributed by atoms with van der Waals surface area (Å²) in [6, 6.07) is 3.26. The number of ether oxygens (including phenoxy) is 2. The van der Waals surface area contributed by atoms with Crippen LogP contribution in [0.2, 0.25) is 0 Å². The second-order valence-corrected chi connectivity index (χ2v) is 5.82. The van der Waals surface area contributed by atoms with Gasteiger partial charge in [0.25, 0.3) is 0 Å². The lowest BCUT2D eigenvalue weighted by molar-refractivity contribution is -0.147. The molecule has 1 aromatic heterocycles. The first-order valence-electron chi connectivity index (χ1n) is 6.12. The topological polar surface area (TPSA) is 69.7 Å². The number of cyclic esters (lactones) is 1. The van der Waals surface area contributed by atoms with Crippen LogP contribution < -0.4 is 0 Å². The lowest BCUT2D eigenvalue weighted by Crippen LogP contribution is -2.27. The zero-order valence-corrected chi connectivity index (χ0v) is 12.2. The fraction of sp³-hybridized carbons (Fsp3) is 0.357. The molecule has 20 heavy (non-hydrogen) atoms. The molecule has 0 N–H and O–H groups in total. The van der Waals surface area contributed by atoms with Gasteiger partial charge in [-0.3, -0.25) is 4.79 Å². The van der Waals surface area contributed by atoms with E-state index in [-0.39, 0.29) is 11.4 Å². The fourth-order valence-electron chi connectivity index (χ4n) is 1.76. The number of thiophene rings is 1. The minimum atomic E-state index is -1.12. The fourth-order valence-corrected chi connectivity index (χ4v) is 2.60. The molecule has 0 aromatic carbocycles. The molecular formula is C14H14O5S. The van der Waals surface area contributed by atoms with Crippen LogP contribution in [-0.2, 0) is 19.1 Å². The number of rotatable bonds is 3. The zero-order chi connectivity index (χ0) is 14.9. The maximum atomic E-state index is 12.0. The Kier molecular flexibility index (Phi) is 3.76. The first kappa shape index (κ1) is 14.5. The van der Waals surface area contributed by atoms with Crippen molar-refractivity contribution in [3.05, 3.63) is 27.5 Å². The Balaban J connectivity index is 2.26. The van der Waals surface area contributed by atoms with Gasteiger partial charge in [0, 0.05) is 4.88 Å². The zero-order valence-electron chi connectivity index (χ0n) is 11.4. The highest BCUT2D eigenvalue weighted by atomic mass is 32.1. The third kappa shape index (κ3) is 2.65. The molecule has 1 saturated heterocycles. The van der Waals surface area contributed by atoms with Gasteiger partial charge in [0.05, 0.1) is 6.61 Å². The van der Waals surface area contributed by atoms with Crippen LogP contribution in [0.5, 0.6) is 0 Å². The molecule has 1 fully saturated rings. The molecule has 5 nitrogen and oxygen atoms in total. The van der Waals surface area contributed by atoms with Crippen molar-refractivity contribution in [1.82, 2.24) is 0 Å². The first-order valence-corrected chi connectivity index (χ1v) is 6.93. The average molecular weight is 294 g/mol. The molecular weight excluding hydrogens is 280 g/mol. The predicted molar refractivity (Wildman–Crippen MR) is 73.4 cm³/mol. The third-order valence-corrected chi connectivity index (χ3v) is 3.76. The molecule has 2 heterocycles. The van der Waals surface area contributed by atoms with Gasteiger partial charge in [-0.25, -0.2) is 9.59 Å². The third-order valence-electron chi connectivity index (χ3n) is 2.75. The summed E-state index contributed by atoms with van der Waals surface area (Å²) in [4.78, 5) is 36.2. The summed E-state index contributed by atoms with van der Waals surface area (Å²) in [5, 5.41) is 0. The van der Waals surface area contributed by atoms with Gasteiger partial charge in [-0.05, 0) is 39.0 Å². The normalized spacial score (nSPS) is 19.2. The molecule has 0 atom stereocenters. The Bertz CT molecular complexity index is 609. The van der Waals surface area contributed by atoms with Gasteiger partial charge in [0.15, 0.2) is 5.60 Å². The van der Waals surface area contributed by atoms with E-state index in [9.17, 15) is 14.4 Å². The van der Waals surface area contributed by atoms with Gasteiger partial charge >= 0.3 is 11.9 Å². The van der Waals surface area contributed by atoms with Crippen LogP contribution in [-0.4, -0.2) is 29.9 Å². The summed E-state index contributed by atoms with van der Waals surface area (Å²) in [5.74, 6) is -1.40. The molecule has 0 spiro atoms. The predicted octanol–water partition coefficient (Wildman–Crippen LogP) is 2.21. The van der Waals surface area contributed by atoms with E-state index < -0.39 is 17.5 Å². The highest BCUT2D eigenvalue weighted by Crippen LogP contribution is 2.29. The summed E-state index contributed by atoms with van der Waals surface area (Å²) in [6.07, 6.45) is 1.45. The number of Topliss-reactive ketones (excluding diaryl/α,β-unsaturated/α-hetero) is 1. The Morgan fingerprint density at radius 1 is 1.40 bits per heavy atom. The maximum absolute atomic E-state index is 12.0. The Hall–Kier alpha value is -1.95. The van der Waals surface area contributed by atoms with Gasteiger partial charge in [0.2, 0.25) is 5.78 Å². The van der Waals surface area contributed by atoms with E-state index in [4.69, 9.17) is 9.47 Å². The van der Waals surface area contributed by atoms with E-state index in [1.54, 1.807) is 32.9 Å². The molecule has 0 unspecified atom stereocenters. The van der Waals surface area contributed by atoms with Gasteiger partial charge < -0.3 is 9.47 Å². The van der Waals surface area contributed by atoms with Crippen LogP contribution in [0.3, 0.4) is 0 Å². The van der Waals surface area contributed by atoms with E-state index >= 15 is 0 Å². The molecule has 0 saturated carbocycles. The van der Waals surface area contributed by atoms with E-state index in [0.29, 0.717) is 16.4 Å². The van der Waals surface area contributed by atoms with Crippen molar-refractivity contribution >= 4 is 35.1 Å². The number of carbonyl (C=O) groups excluding carboxylic acids is 3. The SMILES string of the molecule is CCOC(=O)c1ccc(C=C2C(=O)OC(C)(C)C2=O)s1. The van der Waals surface area contributed by atoms with Gasteiger partial charge in [-0.2, -0.15) is 0 Å². The Labute approximate surface area is 120 Å². The summed E-state index contributed by atoms with van der Waals surface area (Å²) in [5.41, 5.74) is -1.11. The number of hydrogen-bond donors (Lipinski definition) is 0. The van der Waals surface area contributed by atoms with E-state index in [2.05, 4.69) is 0 Å². The minimum Gasteiger partial charge on any atom is -0.462 e. The van der Waals surface area contributed by atoms with Crippen molar-refractivity contribution in [3.8, 4) is 0 Å². The lowest BCUT2D eigenvalue weighted by atomic mass is 10.00. The molecule has 1 aliphatic heterocycles. The van der Waals surface area contributed by atoms with Crippen molar-refractivity contribution < 1.29 is 23.9 Å². The Morgan fingerprint density at radius 3 is 2.65 bits per heavy atom.